The van der Waals surface area contributed by atoms with Crippen LogP contribution in [-0.4, -0.2) is 22.0 Å². The highest BCUT2D eigenvalue weighted by Gasteiger charge is 2.26. The monoisotopic (exact) mass is 536 g/mol. The van der Waals surface area contributed by atoms with E-state index in [-0.39, 0.29) is 17.0 Å². The van der Waals surface area contributed by atoms with Crippen molar-refractivity contribution in [3.05, 3.63) is 101 Å². The third-order valence-corrected chi connectivity index (χ3v) is 7.67. The molecule has 0 radical (unpaired) electrons. The molecule has 1 aliphatic carbocycles. The molecule has 1 aliphatic rings. The van der Waals surface area contributed by atoms with Crippen molar-refractivity contribution in [2.24, 2.45) is 0 Å². The average Bonchev–Trinajstić information content (AvgIpc) is 2.96. The number of ether oxygens (including phenoxy) is 1. The largest absolute Gasteiger partial charge is 0.479 e. The van der Waals surface area contributed by atoms with Crippen LogP contribution in [0.5, 0.6) is 11.5 Å². The molecular formula is C34H36N2O4. The van der Waals surface area contributed by atoms with Crippen LogP contribution < -0.4 is 10.1 Å². The van der Waals surface area contributed by atoms with Crippen LogP contribution in [-0.2, 0) is 10.2 Å². The minimum Gasteiger partial charge on any atom is -0.479 e. The molecule has 5 rings (SSSR count). The van der Waals surface area contributed by atoms with Gasteiger partial charge in [-0.15, -0.1) is 0 Å². The zero-order valence-electron chi connectivity index (χ0n) is 23.3. The minimum atomic E-state index is -1.16. The number of carboxylic acids is 1. The molecule has 1 atom stereocenters. The van der Waals surface area contributed by atoms with Gasteiger partial charge in [-0.1, -0.05) is 88.6 Å². The van der Waals surface area contributed by atoms with Crippen LogP contribution in [0, 0.1) is 0 Å². The summed E-state index contributed by atoms with van der Waals surface area (Å²) >= 11 is 0. The maximum absolute atomic E-state index is 13.4. The number of nitrogens with zero attached hydrogens (tertiary/aromatic N) is 1. The average molecular weight is 537 g/mol. The van der Waals surface area contributed by atoms with Crippen LogP contribution in [0.1, 0.15) is 92.1 Å². The fourth-order valence-corrected chi connectivity index (χ4v) is 5.42. The molecule has 1 heterocycles. The first-order valence-electron chi connectivity index (χ1n) is 14.0. The normalized spacial score (nSPS) is 15.0. The van der Waals surface area contributed by atoms with Gasteiger partial charge < -0.3 is 15.2 Å². The Morgan fingerprint density at radius 1 is 0.900 bits per heavy atom. The number of carbonyl (C=O) groups excluding carboxylic acids is 1. The lowest BCUT2D eigenvalue weighted by molar-refractivity contribution is -0.139. The first-order chi connectivity index (χ1) is 19.2. The molecule has 0 bridgehead atoms. The summed E-state index contributed by atoms with van der Waals surface area (Å²) in [6.07, 6.45) is 5.46. The highest BCUT2D eigenvalue weighted by atomic mass is 16.5. The molecule has 4 aromatic rings. The molecule has 0 unspecified atom stereocenters. The van der Waals surface area contributed by atoms with Gasteiger partial charge >= 0.3 is 5.97 Å². The quantitative estimate of drug-likeness (QED) is 0.250. The highest BCUT2D eigenvalue weighted by Crippen LogP contribution is 2.37. The summed E-state index contributed by atoms with van der Waals surface area (Å²) in [6.45, 7) is 6.55. The number of fused-ring (bicyclic) bond motifs is 1. The van der Waals surface area contributed by atoms with Gasteiger partial charge in [0.25, 0.3) is 5.91 Å². The van der Waals surface area contributed by atoms with E-state index in [2.05, 4.69) is 38.2 Å². The number of amides is 1. The maximum Gasteiger partial charge on any atom is 0.330 e. The van der Waals surface area contributed by atoms with Crippen LogP contribution >= 0.6 is 0 Å². The van der Waals surface area contributed by atoms with Crippen molar-refractivity contribution < 1.29 is 19.4 Å². The van der Waals surface area contributed by atoms with E-state index in [0.29, 0.717) is 11.3 Å². The van der Waals surface area contributed by atoms with Crippen LogP contribution in [0.3, 0.4) is 0 Å². The van der Waals surface area contributed by atoms with Gasteiger partial charge in [0.05, 0.1) is 5.69 Å². The summed E-state index contributed by atoms with van der Waals surface area (Å²) < 4.78 is 6.23. The van der Waals surface area contributed by atoms with Crippen LogP contribution in [0.4, 0.5) is 0 Å². The highest BCUT2D eigenvalue weighted by molar-refractivity contribution is 5.99. The zero-order valence-corrected chi connectivity index (χ0v) is 23.3. The maximum atomic E-state index is 13.4. The van der Waals surface area contributed by atoms with Crippen molar-refractivity contribution in [3.8, 4) is 11.5 Å². The zero-order chi connectivity index (χ0) is 28.3. The fraction of sp³-hybridized carbons (Fsp3) is 0.324. The molecule has 6 nitrogen and oxygen atoms in total. The number of rotatable bonds is 7. The Labute approximate surface area is 235 Å². The Morgan fingerprint density at radius 2 is 1.57 bits per heavy atom. The van der Waals surface area contributed by atoms with Gasteiger partial charge in [0.2, 0.25) is 0 Å². The number of aromatic nitrogens is 1. The van der Waals surface area contributed by atoms with E-state index < -0.39 is 17.9 Å². The number of hydrogen-bond donors (Lipinski definition) is 2. The number of hydrogen-bond acceptors (Lipinski definition) is 4. The lowest BCUT2D eigenvalue weighted by Gasteiger charge is -2.23. The SMILES string of the molecule is CC(C)(C)c1ccc(Oc2ccc3cc(C(=O)N[C@H](C(=O)O)c4ccccc4)nc(C4CCCCC4)c3c2)cc1. The van der Waals surface area contributed by atoms with E-state index in [9.17, 15) is 14.7 Å². The molecular weight excluding hydrogens is 500 g/mol. The lowest BCUT2D eigenvalue weighted by atomic mass is 9.84. The van der Waals surface area contributed by atoms with Crippen LogP contribution in [0.15, 0.2) is 78.9 Å². The molecule has 0 saturated heterocycles. The molecule has 0 aliphatic heterocycles. The third-order valence-electron chi connectivity index (χ3n) is 7.67. The number of carbonyl (C=O) groups is 2. The van der Waals surface area contributed by atoms with E-state index in [1.165, 1.54) is 12.0 Å². The topological polar surface area (TPSA) is 88.5 Å². The molecule has 1 amide bonds. The van der Waals surface area contributed by atoms with E-state index in [4.69, 9.17) is 9.72 Å². The number of aliphatic carboxylic acids is 1. The van der Waals surface area contributed by atoms with Gasteiger partial charge in [-0.25, -0.2) is 9.78 Å². The Kier molecular flexibility index (Phi) is 7.88. The third kappa shape index (κ3) is 6.17. The fourth-order valence-electron chi connectivity index (χ4n) is 5.42. The van der Waals surface area contributed by atoms with Gasteiger partial charge in [0.15, 0.2) is 6.04 Å². The second kappa shape index (κ2) is 11.5. The minimum absolute atomic E-state index is 0.0671. The van der Waals surface area contributed by atoms with Crippen molar-refractivity contribution in [2.45, 2.75) is 70.3 Å². The Balaban J connectivity index is 1.48. The van der Waals surface area contributed by atoms with Crippen molar-refractivity contribution >= 4 is 22.6 Å². The van der Waals surface area contributed by atoms with Crippen molar-refractivity contribution in [1.82, 2.24) is 10.3 Å². The summed E-state index contributed by atoms with van der Waals surface area (Å²) in [4.78, 5) is 30.2. The smallest absolute Gasteiger partial charge is 0.330 e. The molecule has 0 spiro atoms. The predicted octanol–water partition coefficient (Wildman–Crippen LogP) is 7.93. The second-order valence-corrected chi connectivity index (χ2v) is 11.6. The summed E-state index contributed by atoms with van der Waals surface area (Å²) in [6, 6.07) is 23.3. The van der Waals surface area contributed by atoms with E-state index in [1.54, 1.807) is 30.3 Å². The van der Waals surface area contributed by atoms with Crippen LogP contribution in [0.2, 0.25) is 0 Å². The molecule has 3 aromatic carbocycles. The summed E-state index contributed by atoms with van der Waals surface area (Å²) in [5, 5.41) is 14.3. The van der Waals surface area contributed by atoms with Crippen molar-refractivity contribution in [3.63, 3.8) is 0 Å². The molecule has 6 heteroatoms. The first-order valence-corrected chi connectivity index (χ1v) is 14.0. The van der Waals surface area contributed by atoms with Gasteiger partial charge in [-0.2, -0.15) is 0 Å². The summed E-state index contributed by atoms with van der Waals surface area (Å²) in [5.41, 5.74) is 2.92. The predicted molar refractivity (Wildman–Crippen MR) is 157 cm³/mol. The van der Waals surface area contributed by atoms with Crippen LogP contribution in [0.25, 0.3) is 10.8 Å². The number of pyridine rings is 1. The van der Waals surface area contributed by atoms with E-state index in [1.807, 2.05) is 36.4 Å². The Bertz CT molecular complexity index is 1500. The molecule has 206 valence electrons. The number of carboxylic acid groups (broad SMARTS) is 1. The molecule has 1 fully saturated rings. The van der Waals surface area contributed by atoms with Gasteiger partial charge in [0.1, 0.15) is 17.2 Å². The summed E-state index contributed by atoms with van der Waals surface area (Å²) in [7, 11) is 0. The number of nitrogens with one attached hydrogen (secondary N) is 1. The summed E-state index contributed by atoms with van der Waals surface area (Å²) in [5.74, 6) is 0.0765. The van der Waals surface area contributed by atoms with Gasteiger partial charge in [-0.05, 0) is 65.1 Å². The van der Waals surface area contributed by atoms with Crippen molar-refractivity contribution in [2.75, 3.05) is 0 Å². The lowest BCUT2D eigenvalue weighted by Crippen LogP contribution is -2.34. The van der Waals surface area contributed by atoms with Gasteiger partial charge in [-0.3, -0.25) is 4.79 Å². The first kappa shape index (κ1) is 27.4. The standard InChI is InChI=1S/C34H36N2O4/c1-34(2,3)25-15-18-26(19-16-25)40-27-17-14-24-20-29(35-30(28(24)21-27)22-10-6-4-7-11-22)32(37)36-31(33(38)39)23-12-8-5-9-13-23/h5,8-9,12-22,31H,4,6-7,10-11H2,1-3H3,(H,36,37)(H,38,39)/t31-/m0/s1. The second-order valence-electron chi connectivity index (χ2n) is 11.6. The Hall–Kier alpha value is -4.19. The molecule has 1 aromatic heterocycles. The Morgan fingerprint density at radius 3 is 2.23 bits per heavy atom. The molecule has 2 N–H and O–H groups in total. The van der Waals surface area contributed by atoms with Crippen molar-refractivity contribution in [1.29, 1.82) is 0 Å². The van der Waals surface area contributed by atoms with E-state index >= 15 is 0 Å². The van der Waals surface area contributed by atoms with E-state index in [0.717, 1.165) is 47.9 Å². The van der Waals surface area contributed by atoms with Gasteiger partial charge in [0, 0.05) is 11.3 Å². The number of benzene rings is 3. The molecule has 1 saturated carbocycles. The molecule has 40 heavy (non-hydrogen) atoms.